The van der Waals surface area contributed by atoms with Crippen molar-refractivity contribution in [2.45, 2.75) is 39.2 Å². The fourth-order valence-corrected chi connectivity index (χ4v) is 3.74. The summed E-state index contributed by atoms with van der Waals surface area (Å²) in [4.78, 5) is 27.3. The van der Waals surface area contributed by atoms with Crippen LogP contribution in [0.1, 0.15) is 32.3 Å². The molecule has 2 amide bonds. The molecular weight excluding hydrogens is 395 g/mol. The lowest BCUT2D eigenvalue weighted by Crippen LogP contribution is -2.41. The van der Waals surface area contributed by atoms with E-state index in [-0.39, 0.29) is 30.0 Å². The minimum absolute atomic E-state index is 0.0278. The number of allylic oxidation sites excluding steroid dienone is 6. The molecule has 0 unspecified atom stereocenters. The number of benzene rings is 1. The summed E-state index contributed by atoms with van der Waals surface area (Å²) in [6.07, 6.45) is 11.0. The van der Waals surface area contributed by atoms with Gasteiger partial charge in [-0.15, -0.1) is 0 Å². The van der Waals surface area contributed by atoms with Gasteiger partial charge in [0.1, 0.15) is 5.70 Å². The summed E-state index contributed by atoms with van der Waals surface area (Å²) in [5, 5.41) is 3.86. The van der Waals surface area contributed by atoms with Crippen molar-refractivity contribution in [1.82, 2.24) is 10.2 Å². The van der Waals surface area contributed by atoms with E-state index in [0.717, 1.165) is 23.3 Å². The molecule has 3 rings (SSSR count). The predicted octanol–water partition coefficient (Wildman–Crippen LogP) is 4.95. The van der Waals surface area contributed by atoms with Crippen molar-refractivity contribution >= 4 is 35.0 Å². The molecule has 0 spiro atoms. The Kier molecular flexibility index (Phi) is 6.42. The van der Waals surface area contributed by atoms with Gasteiger partial charge in [-0.3, -0.25) is 9.59 Å². The molecule has 28 heavy (non-hydrogen) atoms. The lowest BCUT2D eigenvalue weighted by atomic mass is 10.0. The predicted molar refractivity (Wildman–Crippen MR) is 113 cm³/mol. The van der Waals surface area contributed by atoms with Crippen LogP contribution in [-0.2, 0) is 16.0 Å². The highest BCUT2D eigenvalue weighted by Gasteiger charge is 2.29. The van der Waals surface area contributed by atoms with E-state index < -0.39 is 0 Å². The molecule has 1 aliphatic carbocycles. The number of amides is 2. The molecule has 1 heterocycles. The van der Waals surface area contributed by atoms with Gasteiger partial charge in [0, 0.05) is 28.2 Å². The van der Waals surface area contributed by atoms with Crippen LogP contribution in [0.2, 0.25) is 10.0 Å². The van der Waals surface area contributed by atoms with Gasteiger partial charge in [-0.2, -0.15) is 0 Å². The van der Waals surface area contributed by atoms with Gasteiger partial charge in [0.15, 0.2) is 0 Å². The van der Waals surface area contributed by atoms with Crippen molar-refractivity contribution in [3.05, 3.63) is 81.2 Å². The van der Waals surface area contributed by atoms with Crippen LogP contribution in [-0.4, -0.2) is 22.8 Å². The molecule has 1 aliphatic heterocycles. The number of carbonyl (C=O) groups excluding carboxylic acids is 2. The van der Waals surface area contributed by atoms with Gasteiger partial charge in [0.05, 0.1) is 0 Å². The summed E-state index contributed by atoms with van der Waals surface area (Å²) >= 11 is 12.1. The average Bonchev–Trinajstić information content (AvgIpc) is 2.78. The lowest BCUT2D eigenvalue weighted by molar-refractivity contribution is -0.129. The minimum Gasteiger partial charge on any atom is -0.321 e. The van der Waals surface area contributed by atoms with Gasteiger partial charge < -0.3 is 10.2 Å². The van der Waals surface area contributed by atoms with Gasteiger partial charge in [-0.05, 0) is 62.1 Å². The summed E-state index contributed by atoms with van der Waals surface area (Å²) in [5.74, 6) is -0.439. The fraction of sp³-hybridized carbons (Fsp3) is 0.273. The molecule has 0 aromatic heterocycles. The topological polar surface area (TPSA) is 49.4 Å². The van der Waals surface area contributed by atoms with Gasteiger partial charge in [-0.25, -0.2) is 0 Å². The van der Waals surface area contributed by atoms with Crippen LogP contribution in [0.5, 0.6) is 0 Å². The second-order valence-corrected chi connectivity index (χ2v) is 7.85. The normalized spacial score (nSPS) is 16.2. The van der Waals surface area contributed by atoms with Crippen molar-refractivity contribution < 1.29 is 9.59 Å². The standard InChI is InChI=1S/C22H22Cl2N2O2/c1-14(2)26-20-6-4-3-5-16(20)8-11-19(22(26)28)25-21(27)12-9-15-7-10-17(23)13-18(15)24/h3-4,6-8,10-11,13-14H,5,9,12H2,1-2H3,(H,25,27). The largest absolute Gasteiger partial charge is 0.321 e. The van der Waals surface area contributed by atoms with Gasteiger partial charge in [0.2, 0.25) is 5.91 Å². The fourth-order valence-electron chi connectivity index (χ4n) is 3.24. The number of rotatable bonds is 5. The maximum Gasteiger partial charge on any atom is 0.275 e. The molecule has 0 atom stereocenters. The molecule has 0 saturated carbocycles. The first-order chi connectivity index (χ1) is 13.4. The van der Waals surface area contributed by atoms with Crippen LogP contribution < -0.4 is 5.32 Å². The molecule has 0 radical (unpaired) electrons. The summed E-state index contributed by atoms with van der Waals surface area (Å²) in [7, 11) is 0. The van der Waals surface area contributed by atoms with E-state index in [9.17, 15) is 9.59 Å². The molecule has 0 fully saturated rings. The molecule has 1 aromatic carbocycles. The Hall–Kier alpha value is -2.30. The number of halogens is 2. The van der Waals surface area contributed by atoms with E-state index in [4.69, 9.17) is 23.2 Å². The monoisotopic (exact) mass is 416 g/mol. The molecule has 6 heteroatoms. The van der Waals surface area contributed by atoms with Crippen LogP contribution in [0.15, 0.2) is 65.5 Å². The van der Waals surface area contributed by atoms with Crippen LogP contribution >= 0.6 is 23.2 Å². The number of fused-ring (bicyclic) bond motifs is 1. The Labute approximate surface area is 175 Å². The highest BCUT2D eigenvalue weighted by atomic mass is 35.5. The second-order valence-electron chi connectivity index (χ2n) is 7.01. The molecule has 1 N–H and O–H groups in total. The number of hydrogen-bond acceptors (Lipinski definition) is 2. The van der Waals surface area contributed by atoms with Gasteiger partial charge in [-0.1, -0.05) is 47.5 Å². The molecule has 146 valence electrons. The third kappa shape index (κ3) is 4.57. The number of hydrogen-bond donors (Lipinski definition) is 1. The number of nitrogens with zero attached hydrogens (tertiary/aromatic N) is 1. The van der Waals surface area contributed by atoms with E-state index in [1.807, 2.05) is 44.2 Å². The SMILES string of the molecule is CC(C)N1C(=O)C(NC(=O)CCc2ccc(Cl)cc2Cl)=CC=C2CC=CC=C21. The van der Waals surface area contributed by atoms with Crippen molar-refractivity contribution in [3.63, 3.8) is 0 Å². The highest BCUT2D eigenvalue weighted by molar-refractivity contribution is 6.35. The quantitative estimate of drug-likeness (QED) is 0.737. The first-order valence-corrected chi connectivity index (χ1v) is 9.98. The Morgan fingerprint density at radius 2 is 2.00 bits per heavy atom. The molecule has 4 nitrogen and oxygen atoms in total. The number of aryl methyl sites for hydroxylation is 1. The van der Waals surface area contributed by atoms with Crippen molar-refractivity contribution in [2.24, 2.45) is 0 Å². The molecule has 2 aliphatic rings. The third-order valence-electron chi connectivity index (χ3n) is 4.64. The summed E-state index contributed by atoms with van der Waals surface area (Å²) in [6.45, 7) is 3.92. The van der Waals surface area contributed by atoms with Crippen LogP contribution in [0.4, 0.5) is 0 Å². The van der Waals surface area contributed by atoms with E-state index >= 15 is 0 Å². The lowest BCUT2D eigenvalue weighted by Gasteiger charge is -2.30. The zero-order chi connectivity index (χ0) is 20.3. The second kappa shape index (κ2) is 8.80. The smallest absolute Gasteiger partial charge is 0.275 e. The van der Waals surface area contributed by atoms with Crippen molar-refractivity contribution in [1.29, 1.82) is 0 Å². The van der Waals surface area contributed by atoms with Gasteiger partial charge in [0.25, 0.3) is 5.91 Å². The van der Waals surface area contributed by atoms with E-state index in [2.05, 4.69) is 5.32 Å². The Bertz CT molecular complexity index is 926. The molecule has 0 bridgehead atoms. The summed E-state index contributed by atoms with van der Waals surface area (Å²) in [6, 6.07) is 5.18. The molecule has 0 saturated heterocycles. The minimum atomic E-state index is -0.232. The van der Waals surface area contributed by atoms with Crippen molar-refractivity contribution in [2.75, 3.05) is 0 Å². The maximum absolute atomic E-state index is 13.1. The maximum atomic E-state index is 13.1. The first kappa shape index (κ1) is 20.4. The first-order valence-electron chi connectivity index (χ1n) is 9.22. The molecule has 1 aromatic rings. The number of nitrogens with one attached hydrogen (secondary N) is 1. The van der Waals surface area contributed by atoms with Crippen LogP contribution in [0.25, 0.3) is 0 Å². The molecular formula is C22H22Cl2N2O2. The van der Waals surface area contributed by atoms with E-state index in [0.29, 0.717) is 16.5 Å². The third-order valence-corrected chi connectivity index (χ3v) is 5.23. The average molecular weight is 417 g/mol. The van der Waals surface area contributed by atoms with E-state index in [1.165, 1.54) is 0 Å². The van der Waals surface area contributed by atoms with Crippen molar-refractivity contribution in [3.8, 4) is 0 Å². The Morgan fingerprint density at radius 3 is 2.71 bits per heavy atom. The van der Waals surface area contributed by atoms with Gasteiger partial charge >= 0.3 is 0 Å². The summed E-state index contributed by atoms with van der Waals surface area (Å²) < 4.78 is 0. The highest BCUT2D eigenvalue weighted by Crippen LogP contribution is 2.29. The summed E-state index contributed by atoms with van der Waals surface area (Å²) in [5.41, 5.74) is 3.07. The Balaban J connectivity index is 1.72. The number of carbonyl (C=O) groups is 2. The van der Waals surface area contributed by atoms with Crippen LogP contribution in [0.3, 0.4) is 0 Å². The zero-order valence-corrected chi connectivity index (χ0v) is 17.3. The van der Waals surface area contributed by atoms with E-state index in [1.54, 1.807) is 23.1 Å². The van der Waals surface area contributed by atoms with Crippen LogP contribution in [0, 0.1) is 0 Å². The Morgan fingerprint density at radius 1 is 1.21 bits per heavy atom. The zero-order valence-electron chi connectivity index (χ0n) is 15.8.